The van der Waals surface area contributed by atoms with Gasteiger partial charge in [0.1, 0.15) is 0 Å². The van der Waals surface area contributed by atoms with Gasteiger partial charge in [0.05, 0.1) is 12.0 Å². The van der Waals surface area contributed by atoms with Crippen LogP contribution in [0.1, 0.15) is 6.42 Å². The van der Waals surface area contributed by atoms with E-state index in [0.717, 1.165) is 18.4 Å². The van der Waals surface area contributed by atoms with Crippen molar-refractivity contribution in [1.82, 2.24) is 4.90 Å². The molecule has 1 amide bonds. The fraction of sp³-hybridized carbons (Fsp3) is 0.571. The zero-order valence-electron chi connectivity index (χ0n) is 7.63. The minimum atomic E-state index is -0.566. The van der Waals surface area contributed by atoms with Crippen LogP contribution in [0.15, 0.2) is 11.2 Å². The summed E-state index contributed by atoms with van der Waals surface area (Å²) in [5.41, 5.74) is 0. The fourth-order valence-electron chi connectivity index (χ4n) is 1.08. The van der Waals surface area contributed by atoms with Crippen molar-refractivity contribution in [2.24, 2.45) is 0 Å². The number of thioether (sulfide) groups is 1. The van der Waals surface area contributed by atoms with E-state index < -0.39 is 11.0 Å². The third-order valence-corrected chi connectivity index (χ3v) is 2.77. The van der Waals surface area contributed by atoms with Crippen LogP contribution in [0, 0.1) is 10.1 Å². The van der Waals surface area contributed by atoms with E-state index in [9.17, 15) is 14.9 Å². The minimum Gasteiger partial charge on any atom is -0.452 e. The van der Waals surface area contributed by atoms with Gasteiger partial charge in [-0.25, -0.2) is 4.79 Å². The van der Waals surface area contributed by atoms with Gasteiger partial charge in [0.2, 0.25) is 0 Å². The molecule has 1 fully saturated rings. The van der Waals surface area contributed by atoms with E-state index >= 15 is 0 Å². The molecule has 1 aliphatic rings. The monoisotopic (exact) mass is 218 g/mol. The summed E-state index contributed by atoms with van der Waals surface area (Å²) in [6, 6.07) is 0. The predicted molar refractivity (Wildman–Crippen MR) is 51.3 cm³/mol. The Balaban J connectivity index is 2.78. The molecule has 0 N–H and O–H groups in total. The van der Waals surface area contributed by atoms with Gasteiger partial charge in [-0.3, -0.25) is 15.0 Å². The van der Waals surface area contributed by atoms with Crippen LogP contribution < -0.4 is 0 Å². The van der Waals surface area contributed by atoms with Crippen LogP contribution in [0.25, 0.3) is 0 Å². The molecule has 14 heavy (non-hydrogen) atoms. The second-order valence-corrected chi connectivity index (χ2v) is 3.69. The maximum absolute atomic E-state index is 11.2. The number of ether oxygens (including phenoxy) is 1. The Morgan fingerprint density at radius 1 is 1.79 bits per heavy atom. The molecule has 0 spiro atoms. The molecule has 0 unspecified atom stereocenters. The van der Waals surface area contributed by atoms with E-state index in [1.807, 2.05) is 0 Å². The lowest BCUT2D eigenvalue weighted by molar-refractivity contribution is -0.403. The summed E-state index contributed by atoms with van der Waals surface area (Å²) in [6.45, 7) is 0.472. The van der Waals surface area contributed by atoms with E-state index in [1.54, 1.807) is 0 Å². The highest BCUT2D eigenvalue weighted by Gasteiger charge is 2.24. The number of carbonyl (C=O) groups is 1. The summed E-state index contributed by atoms with van der Waals surface area (Å²) in [6.07, 6.45) is 1.10. The first-order valence-electron chi connectivity index (χ1n) is 3.98. The minimum absolute atomic E-state index is 0.341. The second kappa shape index (κ2) is 4.85. The van der Waals surface area contributed by atoms with Crippen LogP contribution >= 0.6 is 11.8 Å². The summed E-state index contributed by atoms with van der Waals surface area (Å²) < 4.78 is 4.51. The largest absolute Gasteiger partial charge is 0.452 e. The molecule has 0 aromatic rings. The van der Waals surface area contributed by atoms with Crippen molar-refractivity contribution in [2.45, 2.75) is 6.42 Å². The van der Waals surface area contributed by atoms with E-state index in [1.165, 1.54) is 23.8 Å². The van der Waals surface area contributed by atoms with Gasteiger partial charge in [0.25, 0.3) is 6.20 Å². The quantitative estimate of drug-likeness (QED) is 0.489. The van der Waals surface area contributed by atoms with E-state index in [4.69, 9.17) is 0 Å². The normalized spacial score (nSPS) is 19.5. The summed E-state index contributed by atoms with van der Waals surface area (Å²) in [4.78, 5) is 22.2. The van der Waals surface area contributed by atoms with Gasteiger partial charge in [-0.1, -0.05) is 0 Å². The molecule has 1 heterocycles. The summed E-state index contributed by atoms with van der Waals surface area (Å²) >= 11 is 1.29. The topological polar surface area (TPSA) is 72.7 Å². The van der Waals surface area contributed by atoms with Gasteiger partial charge < -0.3 is 4.74 Å². The van der Waals surface area contributed by atoms with Crippen molar-refractivity contribution >= 4 is 17.9 Å². The van der Waals surface area contributed by atoms with Crippen molar-refractivity contribution in [1.29, 1.82) is 0 Å². The SMILES string of the molecule is COC(=O)N1CCCS/C1=C\[N+](=O)[O-]. The Labute approximate surface area is 85.0 Å². The van der Waals surface area contributed by atoms with Crippen LogP contribution in [0.4, 0.5) is 4.79 Å². The van der Waals surface area contributed by atoms with Gasteiger partial charge in [0.15, 0.2) is 5.03 Å². The number of nitrogens with zero attached hydrogens (tertiary/aromatic N) is 2. The Kier molecular flexibility index (Phi) is 3.75. The number of carbonyl (C=O) groups excluding carboxylic acids is 1. The van der Waals surface area contributed by atoms with E-state index in [0.29, 0.717) is 11.6 Å². The lowest BCUT2D eigenvalue weighted by Crippen LogP contribution is -2.33. The number of hydrogen-bond acceptors (Lipinski definition) is 5. The van der Waals surface area contributed by atoms with Gasteiger partial charge in [-0.2, -0.15) is 0 Å². The average molecular weight is 218 g/mol. The summed E-state index contributed by atoms with van der Waals surface area (Å²) in [5.74, 6) is 0.785. The smallest absolute Gasteiger partial charge is 0.414 e. The molecule has 0 aromatic carbocycles. The van der Waals surface area contributed by atoms with E-state index in [2.05, 4.69) is 4.74 Å². The Morgan fingerprint density at radius 2 is 2.50 bits per heavy atom. The molecule has 1 rings (SSSR count). The predicted octanol–water partition coefficient (Wildman–Crippen LogP) is 1.27. The third kappa shape index (κ3) is 2.63. The summed E-state index contributed by atoms with van der Waals surface area (Å²) in [5, 5.41) is 10.6. The molecule has 0 aromatic heterocycles. The summed E-state index contributed by atoms with van der Waals surface area (Å²) in [7, 11) is 1.26. The highest BCUT2D eigenvalue weighted by molar-refractivity contribution is 8.03. The van der Waals surface area contributed by atoms with Crippen molar-refractivity contribution in [3.05, 3.63) is 21.3 Å². The van der Waals surface area contributed by atoms with Crippen LogP contribution in [-0.2, 0) is 4.74 Å². The highest BCUT2D eigenvalue weighted by Crippen LogP contribution is 2.26. The molecule has 7 heteroatoms. The van der Waals surface area contributed by atoms with Crippen molar-refractivity contribution in [2.75, 3.05) is 19.4 Å². The average Bonchev–Trinajstić information content (AvgIpc) is 2.16. The van der Waals surface area contributed by atoms with Crippen LogP contribution in [0.2, 0.25) is 0 Å². The first-order chi connectivity index (χ1) is 6.65. The molecule has 0 saturated carbocycles. The Morgan fingerprint density at radius 3 is 3.07 bits per heavy atom. The Bertz CT molecular complexity index is 279. The molecule has 0 bridgehead atoms. The van der Waals surface area contributed by atoms with Crippen LogP contribution in [0.3, 0.4) is 0 Å². The van der Waals surface area contributed by atoms with Crippen LogP contribution in [0.5, 0.6) is 0 Å². The van der Waals surface area contributed by atoms with Gasteiger partial charge in [0, 0.05) is 12.3 Å². The number of nitro groups is 1. The number of methoxy groups -OCH3 is 1. The maximum Gasteiger partial charge on any atom is 0.414 e. The Hall–Kier alpha value is -1.24. The molecule has 0 atom stereocenters. The fourth-order valence-corrected chi connectivity index (χ4v) is 2.04. The van der Waals surface area contributed by atoms with Gasteiger partial charge in [-0.15, -0.1) is 11.8 Å². The van der Waals surface area contributed by atoms with Gasteiger partial charge >= 0.3 is 6.09 Å². The lowest BCUT2D eigenvalue weighted by atomic mass is 10.4. The highest BCUT2D eigenvalue weighted by atomic mass is 32.2. The first-order valence-corrected chi connectivity index (χ1v) is 4.97. The molecule has 78 valence electrons. The molecule has 0 aliphatic carbocycles. The van der Waals surface area contributed by atoms with Crippen LogP contribution in [-0.4, -0.2) is 35.3 Å². The number of hydrogen-bond donors (Lipinski definition) is 0. The molecule has 6 nitrogen and oxygen atoms in total. The lowest BCUT2D eigenvalue weighted by Gasteiger charge is -2.25. The molecular weight excluding hydrogens is 208 g/mol. The molecular formula is C7H10N2O4S. The molecule has 0 radical (unpaired) electrons. The van der Waals surface area contributed by atoms with Crippen molar-refractivity contribution in [3.63, 3.8) is 0 Å². The van der Waals surface area contributed by atoms with Crippen molar-refractivity contribution < 1.29 is 14.5 Å². The third-order valence-electron chi connectivity index (χ3n) is 1.65. The number of amides is 1. The standard InChI is InChI=1S/C7H10N2O4S/c1-13-7(10)8-3-2-4-14-6(8)5-9(11)12/h5H,2-4H2,1H3/b6-5-. The zero-order valence-corrected chi connectivity index (χ0v) is 8.45. The zero-order chi connectivity index (χ0) is 10.6. The maximum atomic E-state index is 11.2. The van der Waals surface area contributed by atoms with Gasteiger partial charge in [-0.05, 0) is 6.42 Å². The molecule has 1 aliphatic heterocycles. The van der Waals surface area contributed by atoms with E-state index in [-0.39, 0.29) is 0 Å². The first kappa shape index (κ1) is 10.8. The molecule has 1 saturated heterocycles. The van der Waals surface area contributed by atoms with Crippen molar-refractivity contribution in [3.8, 4) is 0 Å². The number of rotatable bonds is 1. The second-order valence-electron chi connectivity index (χ2n) is 2.58.